The second kappa shape index (κ2) is 9.85. The average molecular weight is 377 g/mol. The molecule has 0 aromatic heterocycles. The minimum Gasteiger partial charge on any atom is -0.337 e. The fraction of sp³-hybridized carbons (Fsp3) is 0.304. The molecule has 1 aliphatic rings. The number of piperazine rings is 1. The van der Waals surface area contributed by atoms with E-state index in [1.165, 1.54) is 0 Å². The van der Waals surface area contributed by atoms with Crippen LogP contribution in [0.5, 0.6) is 0 Å². The summed E-state index contributed by atoms with van der Waals surface area (Å²) in [6, 6.07) is 17.6. The molecular formula is C23H27N3O2. The Labute approximate surface area is 166 Å². The molecule has 28 heavy (non-hydrogen) atoms. The zero-order valence-corrected chi connectivity index (χ0v) is 16.3. The third-order valence-electron chi connectivity index (χ3n) is 4.86. The first kappa shape index (κ1) is 19.8. The number of amides is 2. The molecule has 2 amide bonds. The second-order valence-electron chi connectivity index (χ2n) is 7.08. The Kier molecular flexibility index (Phi) is 6.98. The maximum atomic E-state index is 12.3. The molecule has 0 saturated carbocycles. The number of rotatable bonds is 6. The first-order valence-electron chi connectivity index (χ1n) is 9.71. The Balaban J connectivity index is 1.38. The van der Waals surface area contributed by atoms with E-state index in [-0.39, 0.29) is 11.8 Å². The van der Waals surface area contributed by atoms with Crippen LogP contribution in [-0.4, -0.2) is 54.3 Å². The Bertz CT molecular complexity index is 825. The van der Waals surface area contributed by atoms with Gasteiger partial charge in [-0.2, -0.15) is 0 Å². The van der Waals surface area contributed by atoms with Crippen molar-refractivity contribution in [2.75, 3.05) is 38.0 Å². The number of carbonyl (C=O) groups excluding carboxylic acids is 2. The van der Waals surface area contributed by atoms with Crippen LogP contribution in [0.1, 0.15) is 17.5 Å². The van der Waals surface area contributed by atoms with E-state index in [9.17, 15) is 9.59 Å². The van der Waals surface area contributed by atoms with E-state index in [4.69, 9.17) is 0 Å². The van der Waals surface area contributed by atoms with E-state index in [1.54, 1.807) is 6.08 Å². The summed E-state index contributed by atoms with van der Waals surface area (Å²) >= 11 is 0. The van der Waals surface area contributed by atoms with Crippen molar-refractivity contribution >= 4 is 23.6 Å². The number of hydrogen-bond acceptors (Lipinski definition) is 3. The smallest absolute Gasteiger partial charge is 0.246 e. The lowest BCUT2D eigenvalue weighted by Crippen LogP contribution is -2.48. The number of aryl methyl sites for hydroxylation is 1. The summed E-state index contributed by atoms with van der Waals surface area (Å²) in [5.41, 5.74) is 2.99. The van der Waals surface area contributed by atoms with Crippen LogP contribution < -0.4 is 5.32 Å². The van der Waals surface area contributed by atoms with Crippen LogP contribution in [0.2, 0.25) is 0 Å². The van der Waals surface area contributed by atoms with Gasteiger partial charge in [0.25, 0.3) is 0 Å². The van der Waals surface area contributed by atoms with Crippen molar-refractivity contribution in [2.45, 2.75) is 13.3 Å². The van der Waals surface area contributed by atoms with Gasteiger partial charge in [0, 0.05) is 50.9 Å². The average Bonchev–Trinajstić information content (AvgIpc) is 2.72. The van der Waals surface area contributed by atoms with Gasteiger partial charge in [0.2, 0.25) is 11.8 Å². The van der Waals surface area contributed by atoms with Crippen molar-refractivity contribution in [3.63, 3.8) is 0 Å². The summed E-state index contributed by atoms with van der Waals surface area (Å²) in [5, 5.41) is 2.94. The number of carbonyl (C=O) groups is 2. The van der Waals surface area contributed by atoms with E-state index in [2.05, 4.69) is 10.2 Å². The van der Waals surface area contributed by atoms with Crippen molar-refractivity contribution in [1.82, 2.24) is 9.80 Å². The molecule has 5 nitrogen and oxygen atoms in total. The summed E-state index contributed by atoms with van der Waals surface area (Å²) in [5.74, 6) is 0.0654. The molecule has 1 heterocycles. The second-order valence-corrected chi connectivity index (χ2v) is 7.08. The lowest BCUT2D eigenvalue weighted by molar-refractivity contribution is -0.128. The fourth-order valence-corrected chi connectivity index (χ4v) is 3.23. The van der Waals surface area contributed by atoms with E-state index in [0.29, 0.717) is 26.1 Å². The zero-order valence-electron chi connectivity index (χ0n) is 16.3. The molecule has 3 rings (SSSR count). The van der Waals surface area contributed by atoms with Crippen molar-refractivity contribution in [3.8, 4) is 0 Å². The van der Waals surface area contributed by atoms with Crippen LogP contribution in [0.3, 0.4) is 0 Å². The molecule has 0 bridgehead atoms. The Hall–Kier alpha value is -2.92. The van der Waals surface area contributed by atoms with Gasteiger partial charge in [0.15, 0.2) is 0 Å². The van der Waals surface area contributed by atoms with Gasteiger partial charge in [0.05, 0.1) is 0 Å². The number of anilines is 1. The van der Waals surface area contributed by atoms with E-state index in [0.717, 1.165) is 29.9 Å². The maximum absolute atomic E-state index is 12.3. The van der Waals surface area contributed by atoms with Crippen LogP contribution in [0.15, 0.2) is 60.7 Å². The molecular weight excluding hydrogens is 350 g/mol. The van der Waals surface area contributed by atoms with Gasteiger partial charge in [-0.25, -0.2) is 0 Å². The van der Waals surface area contributed by atoms with Crippen LogP contribution >= 0.6 is 0 Å². The normalized spacial score (nSPS) is 15.0. The minimum atomic E-state index is 0.0231. The highest BCUT2D eigenvalue weighted by atomic mass is 16.2. The highest BCUT2D eigenvalue weighted by Crippen LogP contribution is 2.10. The minimum absolute atomic E-state index is 0.0231. The van der Waals surface area contributed by atoms with Crippen molar-refractivity contribution < 1.29 is 9.59 Å². The standard InChI is InChI=1S/C23H27N3O2/c1-19-6-5-9-21(18-19)24-22(27)12-13-25-14-16-26(17-15-25)23(28)11-10-20-7-3-2-4-8-20/h2-11,18H,12-17H2,1H3,(H,24,27). The van der Waals surface area contributed by atoms with Gasteiger partial charge >= 0.3 is 0 Å². The fourth-order valence-electron chi connectivity index (χ4n) is 3.23. The van der Waals surface area contributed by atoms with Gasteiger partial charge in [-0.05, 0) is 36.3 Å². The van der Waals surface area contributed by atoms with E-state index < -0.39 is 0 Å². The number of benzene rings is 2. The monoisotopic (exact) mass is 377 g/mol. The first-order valence-corrected chi connectivity index (χ1v) is 9.71. The molecule has 1 saturated heterocycles. The quantitative estimate of drug-likeness (QED) is 0.787. The molecule has 0 atom stereocenters. The van der Waals surface area contributed by atoms with Crippen LogP contribution in [0.4, 0.5) is 5.69 Å². The summed E-state index contributed by atoms with van der Waals surface area (Å²) in [7, 11) is 0. The number of nitrogens with zero attached hydrogens (tertiary/aromatic N) is 2. The summed E-state index contributed by atoms with van der Waals surface area (Å²) < 4.78 is 0. The Morgan fingerprint density at radius 1 is 1.00 bits per heavy atom. The molecule has 1 aliphatic heterocycles. The molecule has 2 aromatic rings. The molecule has 0 radical (unpaired) electrons. The largest absolute Gasteiger partial charge is 0.337 e. The van der Waals surface area contributed by atoms with Gasteiger partial charge in [-0.15, -0.1) is 0 Å². The molecule has 0 unspecified atom stereocenters. The van der Waals surface area contributed by atoms with Crippen LogP contribution in [-0.2, 0) is 9.59 Å². The maximum Gasteiger partial charge on any atom is 0.246 e. The van der Waals surface area contributed by atoms with Crippen molar-refractivity contribution in [1.29, 1.82) is 0 Å². The lowest BCUT2D eigenvalue weighted by atomic mass is 10.2. The zero-order chi connectivity index (χ0) is 19.8. The number of nitrogens with one attached hydrogen (secondary N) is 1. The van der Waals surface area contributed by atoms with Crippen molar-refractivity contribution in [3.05, 3.63) is 71.8 Å². The molecule has 1 N–H and O–H groups in total. The summed E-state index contributed by atoms with van der Waals surface area (Å²) in [6.07, 6.45) is 3.94. The molecule has 2 aromatic carbocycles. The predicted molar refractivity (Wildman–Crippen MR) is 113 cm³/mol. The summed E-state index contributed by atoms with van der Waals surface area (Å²) in [4.78, 5) is 28.6. The Morgan fingerprint density at radius 2 is 1.75 bits per heavy atom. The Morgan fingerprint density at radius 3 is 2.46 bits per heavy atom. The van der Waals surface area contributed by atoms with E-state index >= 15 is 0 Å². The van der Waals surface area contributed by atoms with Gasteiger partial charge in [0.1, 0.15) is 0 Å². The molecule has 146 valence electrons. The molecule has 0 spiro atoms. The van der Waals surface area contributed by atoms with Gasteiger partial charge in [-0.1, -0.05) is 42.5 Å². The SMILES string of the molecule is Cc1cccc(NC(=O)CCN2CCN(C(=O)C=Cc3ccccc3)CC2)c1. The molecule has 1 fully saturated rings. The predicted octanol–water partition coefficient (Wildman–Crippen LogP) is 3.18. The number of hydrogen-bond donors (Lipinski definition) is 1. The van der Waals surface area contributed by atoms with Crippen LogP contribution in [0, 0.1) is 6.92 Å². The van der Waals surface area contributed by atoms with Crippen LogP contribution in [0.25, 0.3) is 6.08 Å². The highest BCUT2D eigenvalue weighted by Gasteiger charge is 2.19. The van der Waals surface area contributed by atoms with Crippen molar-refractivity contribution in [2.24, 2.45) is 0 Å². The van der Waals surface area contributed by atoms with Gasteiger partial charge in [-0.3, -0.25) is 14.5 Å². The summed E-state index contributed by atoms with van der Waals surface area (Å²) in [6.45, 7) is 5.69. The first-order chi connectivity index (χ1) is 13.6. The topological polar surface area (TPSA) is 52.7 Å². The third kappa shape index (κ3) is 6.06. The molecule has 0 aliphatic carbocycles. The third-order valence-corrected chi connectivity index (χ3v) is 4.86. The lowest BCUT2D eigenvalue weighted by Gasteiger charge is -2.34. The highest BCUT2D eigenvalue weighted by molar-refractivity contribution is 5.92. The van der Waals surface area contributed by atoms with Gasteiger partial charge < -0.3 is 10.2 Å². The van der Waals surface area contributed by atoms with E-state index in [1.807, 2.05) is 72.5 Å². The molecule has 5 heteroatoms.